The van der Waals surface area contributed by atoms with Crippen molar-refractivity contribution in [3.05, 3.63) is 57.5 Å². The van der Waals surface area contributed by atoms with Gasteiger partial charge in [-0.25, -0.2) is 13.1 Å². The molecule has 1 aliphatic carbocycles. The Morgan fingerprint density at radius 2 is 1.92 bits per heavy atom. The number of carbonyl (C=O) groups is 1. The maximum absolute atomic E-state index is 12.4. The van der Waals surface area contributed by atoms with Crippen molar-refractivity contribution in [1.82, 2.24) is 4.72 Å². The van der Waals surface area contributed by atoms with Crippen LogP contribution in [0.3, 0.4) is 0 Å². The normalized spacial score (nSPS) is 14.4. The van der Waals surface area contributed by atoms with Gasteiger partial charge in [0.15, 0.2) is 0 Å². The minimum absolute atomic E-state index is 0.0368. The van der Waals surface area contributed by atoms with E-state index in [1.54, 1.807) is 18.2 Å². The van der Waals surface area contributed by atoms with E-state index in [4.69, 9.17) is 11.6 Å². The molecule has 5 nitrogen and oxygen atoms in total. The van der Waals surface area contributed by atoms with Crippen molar-refractivity contribution in [3.63, 3.8) is 0 Å². The zero-order valence-corrected chi connectivity index (χ0v) is 15.6. The lowest BCUT2D eigenvalue weighted by atomic mass is 10.2. The predicted octanol–water partition coefficient (Wildman–Crippen LogP) is 3.80. The summed E-state index contributed by atoms with van der Waals surface area (Å²) >= 11 is 9.34. The zero-order valence-electron chi connectivity index (χ0n) is 12.4. The van der Waals surface area contributed by atoms with Crippen molar-refractivity contribution in [1.29, 1.82) is 0 Å². The van der Waals surface area contributed by atoms with E-state index in [2.05, 4.69) is 26.0 Å². The molecular weight excluding hydrogens is 416 g/mol. The Kier molecular flexibility index (Phi) is 4.96. The molecule has 2 aromatic carbocycles. The quantitative estimate of drug-likeness (QED) is 0.759. The smallest absolute Gasteiger partial charge is 0.255 e. The number of hydrogen-bond acceptors (Lipinski definition) is 3. The molecule has 0 heterocycles. The molecule has 24 heavy (non-hydrogen) atoms. The van der Waals surface area contributed by atoms with Gasteiger partial charge in [-0.05, 0) is 49.2 Å². The van der Waals surface area contributed by atoms with Gasteiger partial charge in [0.25, 0.3) is 5.91 Å². The molecular formula is C16H14BrClN2O3S. The molecule has 0 radical (unpaired) electrons. The van der Waals surface area contributed by atoms with E-state index < -0.39 is 15.9 Å². The van der Waals surface area contributed by atoms with Crippen LogP contribution in [0.25, 0.3) is 0 Å². The number of sulfonamides is 1. The third-order valence-electron chi connectivity index (χ3n) is 3.46. The Hall–Kier alpha value is -1.41. The average Bonchev–Trinajstić information content (AvgIpc) is 3.30. The van der Waals surface area contributed by atoms with E-state index in [1.165, 1.54) is 18.2 Å². The molecule has 1 saturated carbocycles. The first-order valence-electron chi connectivity index (χ1n) is 7.24. The first kappa shape index (κ1) is 17.4. The van der Waals surface area contributed by atoms with Gasteiger partial charge in [-0.1, -0.05) is 33.6 Å². The molecule has 2 aromatic rings. The van der Waals surface area contributed by atoms with Crippen LogP contribution >= 0.6 is 27.5 Å². The standard InChI is InChI=1S/C16H14BrClN2O3S/c17-11-2-1-3-13(9-11)19-16(21)10-4-7-14(18)15(8-10)24(22,23)20-12-5-6-12/h1-4,7-9,12,20H,5-6H2,(H,19,21). The topological polar surface area (TPSA) is 75.3 Å². The van der Waals surface area contributed by atoms with Gasteiger partial charge in [0, 0.05) is 21.8 Å². The number of nitrogens with one attached hydrogen (secondary N) is 2. The molecule has 126 valence electrons. The number of halogens is 2. The summed E-state index contributed by atoms with van der Waals surface area (Å²) in [5.74, 6) is -0.410. The second-order valence-corrected chi connectivity index (χ2v) is 8.51. The SMILES string of the molecule is O=C(Nc1cccc(Br)c1)c1ccc(Cl)c(S(=O)(=O)NC2CC2)c1. The van der Waals surface area contributed by atoms with Crippen LogP contribution in [-0.2, 0) is 10.0 Å². The molecule has 0 aliphatic heterocycles. The van der Waals surface area contributed by atoms with Crippen LogP contribution in [0.5, 0.6) is 0 Å². The van der Waals surface area contributed by atoms with Crippen LogP contribution in [0.15, 0.2) is 51.8 Å². The van der Waals surface area contributed by atoms with Crippen molar-refractivity contribution in [2.24, 2.45) is 0 Å². The molecule has 3 rings (SSSR count). The summed E-state index contributed by atoms with van der Waals surface area (Å²) in [4.78, 5) is 12.3. The largest absolute Gasteiger partial charge is 0.322 e. The predicted molar refractivity (Wildman–Crippen MR) is 96.9 cm³/mol. The van der Waals surface area contributed by atoms with E-state index in [0.29, 0.717) is 5.69 Å². The first-order chi connectivity index (χ1) is 11.3. The molecule has 1 aliphatic rings. The molecule has 0 aromatic heterocycles. The molecule has 1 amide bonds. The first-order valence-corrected chi connectivity index (χ1v) is 9.89. The van der Waals surface area contributed by atoms with Crippen molar-refractivity contribution < 1.29 is 13.2 Å². The van der Waals surface area contributed by atoms with Crippen molar-refractivity contribution in [3.8, 4) is 0 Å². The van der Waals surface area contributed by atoms with Gasteiger partial charge in [0.1, 0.15) is 4.90 Å². The summed E-state index contributed by atoms with van der Waals surface area (Å²) in [7, 11) is -3.73. The number of carbonyl (C=O) groups excluding carboxylic acids is 1. The minimum Gasteiger partial charge on any atom is -0.322 e. The second-order valence-electron chi connectivity index (χ2n) is 5.51. The van der Waals surface area contributed by atoms with Gasteiger partial charge in [-0.2, -0.15) is 0 Å². The van der Waals surface area contributed by atoms with Gasteiger partial charge < -0.3 is 5.32 Å². The highest BCUT2D eigenvalue weighted by molar-refractivity contribution is 9.10. The Morgan fingerprint density at radius 3 is 2.58 bits per heavy atom. The maximum Gasteiger partial charge on any atom is 0.255 e. The average molecular weight is 430 g/mol. The van der Waals surface area contributed by atoms with Crippen molar-refractivity contribution >= 4 is 49.1 Å². The van der Waals surface area contributed by atoms with E-state index in [0.717, 1.165) is 17.3 Å². The van der Waals surface area contributed by atoms with Crippen LogP contribution in [0.4, 0.5) is 5.69 Å². The second kappa shape index (κ2) is 6.84. The lowest BCUT2D eigenvalue weighted by Gasteiger charge is -2.10. The van der Waals surface area contributed by atoms with E-state index in [1.807, 2.05) is 6.07 Å². The number of benzene rings is 2. The summed E-state index contributed by atoms with van der Waals surface area (Å²) in [5, 5.41) is 2.81. The van der Waals surface area contributed by atoms with Crippen LogP contribution in [0, 0.1) is 0 Å². The molecule has 0 atom stereocenters. The van der Waals surface area contributed by atoms with Gasteiger partial charge >= 0.3 is 0 Å². The Labute approximate surface area is 153 Å². The molecule has 8 heteroatoms. The summed E-state index contributed by atoms with van der Waals surface area (Å²) in [5.41, 5.74) is 0.820. The molecule has 0 bridgehead atoms. The molecule has 0 spiro atoms. The fraction of sp³-hybridized carbons (Fsp3) is 0.188. The van der Waals surface area contributed by atoms with E-state index in [9.17, 15) is 13.2 Å². The highest BCUT2D eigenvalue weighted by Gasteiger charge is 2.29. The maximum atomic E-state index is 12.4. The minimum atomic E-state index is -3.73. The van der Waals surface area contributed by atoms with E-state index in [-0.39, 0.29) is 21.5 Å². The fourth-order valence-electron chi connectivity index (χ4n) is 2.10. The van der Waals surface area contributed by atoms with Crippen molar-refractivity contribution in [2.75, 3.05) is 5.32 Å². The van der Waals surface area contributed by atoms with Gasteiger partial charge in [-0.3, -0.25) is 4.79 Å². The summed E-state index contributed by atoms with van der Waals surface area (Å²) < 4.78 is 28.1. The lowest BCUT2D eigenvalue weighted by Crippen LogP contribution is -2.26. The van der Waals surface area contributed by atoms with E-state index >= 15 is 0 Å². The Morgan fingerprint density at radius 1 is 1.17 bits per heavy atom. The number of anilines is 1. The van der Waals surface area contributed by atoms with Crippen molar-refractivity contribution in [2.45, 2.75) is 23.8 Å². The van der Waals surface area contributed by atoms with Crippen LogP contribution in [0.2, 0.25) is 5.02 Å². The highest BCUT2D eigenvalue weighted by atomic mass is 79.9. The summed E-state index contributed by atoms with van der Waals surface area (Å²) in [6, 6.07) is 11.3. The van der Waals surface area contributed by atoms with Crippen LogP contribution in [0.1, 0.15) is 23.2 Å². The Balaban J connectivity index is 1.86. The van der Waals surface area contributed by atoms with Crippen LogP contribution < -0.4 is 10.0 Å². The Bertz CT molecular complexity index is 898. The number of amides is 1. The molecule has 0 unspecified atom stereocenters. The van der Waals surface area contributed by atoms with Crippen LogP contribution in [-0.4, -0.2) is 20.4 Å². The summed E-state index contributed by atoms with van der Waals surface area (Å²) in [6.07, 6.45) is 1.64. The fourth-order valence-corrected chi connectivity index (χ4v) is 4.33. The molecule has 2 N–H and O–H groups in total. The highest BCUT2D eigenvalue weighted by Crippen LogP contribution is 2.27. The third-order valence-corrected chi connectivity index (χ3v) is 5.96. The molecule has 1 fully saturated rings. The summed E-state index contributed by atoms with van der Waals surface area (Å²) in [6.45, 7) is 0. The van der Waals surface area contributed by atoms with Gasteiger partial charge in [0.05, 0.1) is 5.02 Å². The van der Waals surface area contributed by atoms with Gasteiger partial charge in [-0.15, -0.1) is 0 Å². The number of hydrogen-bond donors (Lipinski definition) is 2. The monoisotopic (exact) mass is 428 g/mol. The molecule has 0 saturated heterocycles. The van der Waals surface area contributed by atoms with Gasteiger partial charge in [0.2, 0.25) is 10.0 Å². The zero-order chi connectivity index (χ0) is 17.3. The number of rotatable bonds is 5. The third kappa shape index (κ3) is 4.16. The lowest BCUT2D eigenvalue weighted by molar-refractivity contribution is 0.102.